The second-order valence-corrected chi connectivity index (χ2v) is 6.45. The van der Waals surface area contributed by atoms with Gasteiger partial charge in [0.15, 0.2) is 0 Å². The van der Waals surface area contributed by atoms with Gasteiger partial charge in [0.05, 0.1) is 6.33 Å². The van der Waals surface area contributed by atoms with Gasteiger partial charge in [0, 0.05) is 36.5 Å². The van der Waals surface area contributed by atoms with Crippen molar-refractivity contribution in [2.75, 3.05) is 5.32 Å². The Hall–Kier alpha value is -2.10. The van der Waals surface area contributed by atoms with E-state index in [1.54, 1.807) is 0 Å². The van der Waals surface area contributed by atoms with Gasteiger partial charge >= 0.3 is 0 Å². The highest BCUT2D eigenvalue weighted by Crippen LogP contribution is 2.29. The Morgan fingerprint density at radius 1 is 1.41 bits per heavy atom. The first-order valence-corrected chi connectivity index (χ1v) is 7.95. The minimum atomic E-state index is 0.0313. The maximum absolute atomic E-state index is 12.7. The van der Waals surface area contributed by atoms with Gasteiger partial charge in [-0.3, -0.25) is 4.79 Å². The summed E-state index contributed by atoms with van der Waals surface area (Å²) >= 11 is 0. The molecule has 3 rings (SSSR count). The summed E-state index contributed by atoms with van der Waals surface area (Å²) in [4.78, 5) is 16.8. The molecule has 1 amide bonds. The fourth-order valence-electron chi connectivity index (χ4n) is 3.16. The number of rotatable bonds is 3. The molecule has 4 heteroatoms. The van der Waals surface area contributed by atoms with Crippen LogP contribution in [-0.4, -0.2) is 15.5 Å². The maximum Gasteiger partial charge on any atom is 0.227 e. The van der Waals surface area contributed by atoms with Crippen LogP contribution in [0.3, 0.4) is 0 Å². The number of aryl methyl sites for hydroxylation is 2. The van der Waals surface area contributed by atoms with Gasteiger partial charge in [-0.15, -0.1) is 0 Å². The number of carbonyl (C=O) groups excluding carboxylic acids is 1. The summed E-state index contributed by atoms with van der Waals surface area (Å²) in [5.74, 6) is 0.551. The first-order chi connectivity index (χ1) is 10.6. The summed E-state index contributed by atoms with van der Waals surface area (Å²) in [6.45, 7) is 7.24. The molecule has 1 unspecified atom stereocenters. The number of aromatic nitrogens is 2. The minimum absolute atomic E-state index is 0.0313. The Labute approximate surface area is 131 Å². The Morgan fingerprint density at radius 3 is 3.00 bits per heavy atom. The van der Waals surface area contributed by atoms with Gasteiger partial charge in [0.25, 0.3) is 0 Å². The largest absolute Gasteiger partial charge is 0.335 e. The van der Waals surface area contributed by atoms with E-state index in [9.17, 15) is 4.79 Å². The molecular weight excluding hydrogens is 274 g/mol. The summed E-state index contributed by atoms with van der Waals surface area (Å²) in [5.41, 5.74) is 4.47. The zero-order valence-electron chi connectivity index (χ0n) is 13.5. The van der Waals surface area contributed by atoms with Gasteiger partial charge < -0.3 is 9.88 Å². The lowest BCUT2D eigenvalue weighted by molar-refractivity contribution is -0.120. The molecule has 0 spiro atoms. The third-order valence-corrected chi connectivity index (χ3v) is 4.52. The Kier molecular flexibility index (Phi) is 4.01. The van der Waals surface area contributed by atoms with E-state index in [0.29, 0.717) is 5.92 Å². The Bertz CT molecular complexity index is 687. The molecule has 0 bridgehead atoms. The summed E-state index contributed by atoms with van der Waals surface area (Å²) < 4.78 is 2.14. The second-order valence-electron chi connectivity index (χ2n) is 6.45. The van der Waals surface area contributed by atoms with Gasteiger partial charge in [-0.1, -0.05) is 32.0 Å². The molecule has 0 saturated heterocycles. The third kappa shape index (κ3) is 2.78. The van der Waals surface area contributed by atoms with Gasteiger partial charge in [-0.25, -0.2) is 4.98 Å². The Morgan fingerprint density at radius 2 is 2.23 bits per heavy atom. The number of amides is 1. The molecule has 1 N–H and O–H groups in total. The van der Waals surface area contributed by atoms with E-state index in [1.807, 2.05) is 12.5 Å². The van der Waals surface area contributed by atoms with Crippen LogP contribution in [0.15, 0.2) is 30.7 Å². The second kappa shape index (κ2) is 5.95. The molecule has 1 aliphatic rings. The number of anilines is 1. The lowest BCUT2D eigenvalue weighted by Gasteiger charge is -2.24. The molecule has 0 fully saturated rings. The van der Waals surface area contributed by atoms with Crippen LogP contribution < -0.4 is 5.32 Å². The van der Waals surface area contributed by atoms with Crippen molar-refractivity contribution >= 4 is 11.6 Å². The van der Waals surface area contributed by atoms with E-state index in [1.165, 1.54) is 5.56 Å². The molecule has 0 saturated carbocycles. The Balaban J connectivity index is 1.78. The smallest absolute Gasteiger partial charge is 0.227 e. The van der Waals surface area contributed by atoms with Gasteiger partial charge in [0.2, 0.25) is 5.91 Å². The van der Waals surface area contributed by atoms with Crippen LogP contribution in [0.1, 0.15) is 43.0 Å². The molecule has 1 aromatic heterocycles. The highest BCUT2D eigenvalue weighted by Gasteiger charge is 2.25. The van der Waals surface area contributed by atoms with Crippen LogP contribution in [-0.2, 0) is 17.8 Å². The number of carbonyl (C=O) groups is 1. The van der Waals surface area contributed by atoms with Crippen LogP contribution in [0.25, 0.3) is 0 Å². The van der Waals surface area contributed by atoms with Crippen molar-refractivity contribution in [3.8, 4) is 0 Å². The fraction of sp³-hybridized carbons (Fsp3) is 0.444. The van der Waals surface area contributed by atoms with Crippen LogP contribution >= 0.6 is 0 Å². The van der Waals surface area contributed by atoms with Crippen molar-refractivity contribution in [3.05, 3.63) is 47.5 Å². The maximum atomic E-state index is 12.7. The normalized spacial score (nSPS) is 17.4. The topological polar surface area (TPSA) is 46.9 Å². The van der Waals surface area contributed by atoms with Crippen LogP contribution in [0.2, 0.25) is 0 Å². The van der Waals surface area contributed by atoms with Gasteiger partial charge in [-0.05, 0) is 30.4 Å². The standard InChI is InChI=1S/C18H23N3O/c1-12(2)16-6-4-5-13(3)17(16)20-18(22)14-7-8-21-11-19-10-15(21)9-14/h4-6,10-12,14H,7-9H2,1-3H3,(H,20,22). The van der Waals surface area contributed by atoms with Gasteiger partial charge in [0.1, 0.15) is 0 Å². The lowest BCUT2D eigenvalue weighted by Crippen LogP contribution is -2.30. The van der Waals surface area contributed by atoms with Crippen LogP contribution in [0.4, 0.5) is 5.69 Å². The van der Waals surface area contributed by atoms with E-state index < -0.39 is 0 Å². The molecule has 22 heavy (non-hydrogen) atoms. The number of nitrogens with zero attached hydrogens (tertiary/aromatic N) is 2. The fourth-order valence-corrected chi connectivity index (χ4v) is 3.16. The number of benzene rings is 1. The highest BCUT2D eigenvalue weighted by molar-refractivity contribution is 5.94. The predicted octanol–water partition coefficient (Wildman–Crippen LogP) is 3.52. The quantitative estimate of drug-likeness (QED) is 0.942. The zero-order chi connectivity index (χ0) is 15.7. The van der Waals surface area contributed by atoms with Crippen LogP contribution in [0, 0.1) is 12.8 Å². The zero-order valence-corrected chi connectivity index (χ0v) is 13.5. The molecule has 1 atom stereocenters. The predicted molar refractivity (Wildman–Crippen MR) is 87.9 cm³/mol. The summed E-state index contributed by atoms with van der Waals surface area (Å²) in [6, 6.07) is 6.21. The SMILES string of the molecule is Cc1cccc(C(C)C)c1NC(=O)C1CCn2cncc2C1. The average molecular weight is 297 g/mol. The van der Waals surface area contributed by atoms with Crippen molar-refractivity contribution in [1.82, 2.24) is 9.55 Å². The van der Waals surface area contributed by atoms with E-state index in [2.05, 4.69) is 53.8 Å². The molecular formula is C18H23N3O. The minimum Gasteiger partial charge on any atom is -0.335 e. The number of hydrogen-bond acceptors (Lipinski definition) is 2. The van der Waals surface area contributed by atoms with Crippen molar-refractivity contribution in [1.29, 1.82) is 0 Å². The van der Waals surface area contributed by atoms with Crippen molar-refractivity contribution in [3.63, 3.8) is 0 Å². The molecule has 0 radical (unpaired) electrons. The molecule has 2 heterocycles. The van der Waals surface area contributed by atoms with Crippen molar-refractivity contribution in [2.24, 2.45) is 5.92 Å². The number of para-hydroxylation sites is 1. The summed E-state index contributed by atoms with van der Waals surface area (Å²) in [5, 5.41) is 3.18. The first kappa shape index (κ1) is 14.8. The molecule has 2 aromatic rings. The van der Waals surface area contributed by atoms with E-state index in [4.69, 9.17) is 0 Å². The first-order valence-electron chi connectivity index (χ1n) is 7.95. The molecule has 116 valence electrons. The molecule has 4 nitrogen and oxygen atoms in total. The summed E-state index contributed by atoms with van der Waals surface area (Å²) in [7, 11) is 0. The van der Waals surface area contributed by atoms with Crippen molar-refractivity contribution in [2.45, 2.75) is 46.1 Å². The van der Waals surface area contributed by atoms with E-state index >= 15 is 0 Å². The van der Waals surface area contributed by atoms with E-state index in [0.717, 1.165) is 36.3 Å². The van der Waals surface area contributed by atoms with Crippen LogP contribution in [0.5, 0.6) is 0 Å². The number of imidazole rings is 1. The van der Waals surface area contributed by atoms with Crippen molar-refractivity contribution < 1.29 is 4.79 Å². The molecule has 1 aromatic carbocycles. The number of hydrogen-bond donors (Lipinski definition) is 1. The molecule has 1 aliphatic heterocycles. The monoisotopic (exact) mass is 297 g/mol. The average Bonchev–Trinajstić information content (AvgIpc) is 2.96. The third-order valence-electron chi connectivity index (χ3n) is 4.52. The lowest BCUT2D eigenvalue weighted by atomic mass is 9.94. The van der Waals surface area contributed by atoms with E-state index in [-0.39, 0.29) is 11.8 Å². The van der Waals surface area contributed by atoms with Gasteiger partial charge in [-0.2, -0.15) is 0 Å². The number of fused-ring (bicyclic) bond motifs is 1. The molecule has 0 aliphatic carbocycles. The highest BCUT2D eigenvalue weighted by atomic mass is 16.1. The summed E-state index contributed by atoms with van der Waals surface area (Å²) in [6.07, 6.45) is 5.36. The number of nitrogens with one attached hydrogen (secondary N) is 1.